The average molecular weight is 282 g/mol. The zero-order chi connectivity index (χ0) is 15.1. The summed E-state index contributed by atoms with van der Waals surface area (Å²) in [7, 11) is 3.38. The summed E-state index contributed by atoms with van der Waals surface area (Å²) in [6.07, 6.45) is 1.72. The van der Waals surface area contributed by atoms with Gasteiger partial charge in [0.05, 0.1) is 13.0 Å². The van der Waals surface area contributed by atoms with Crippen molar-refractivity contribution in [3.8, 4) is 5.75 Å². The van der Waals surface area contributed by atoms with E-state index in [1.807, 2.05) is 6.92 Å². The lowest BCUT2D eigenvalue weighted by atomic mass is 10.0. The molecular formula is C15H23FN2O2. The molecule has 1 amide bonds. The molecule has 0 bridgehead atoms. The van der Waals surface area contributed by atoms with Crippen molar-refractivity contribution in [2.75, 3.05) is 20.7 Å². The minimum atomic E-state index is -0.347. The fourth-order valence-corrected chi connectivity index (χ4v) is 1.75. The molecular weight excluding hydrogens is 259 g/mol. The van der Waals surface area contributed by atoms with E-state index in [1.165, 1.54) is 17.0 Å². The first-order chi connectivity index (χ1) is 9.42. The molecule has 4 nitrogen and oxygen atoms in total. The van der Waals surface area contributed by atoms with E-state index >= 15 is 0 Å². The molecule has 1 aromatic carbocycles. The molecule has 1 rings (SSSR count). The average Bonchev–Trinajstić information content (AvgIpc) is 2.37. The van der Waals surface area contributed by atoms with Gasteiger partial charge in [0.25, 0.3) is 0 Å². The van der Waals surface area contributed by atoms with E-state index in [1.54, 1.807) is 20.2 Å². The highest BCUT2D eigenvalue weighted by molar-refractivity contribution is 5.75. The lowest BCUT2D eigenvalue weighted by molar-refractivity contribution is -0.129. The summed E-state index contributed by atoms with van der Waals surface area (Å²) in [6, 6.07) is 4.58. The maximum Gasteiger partial charge on any atom is 0.225 e. The smallest absolute Gasteiger partial charge is 0.225 e. The van der Waals surface area contributed by atoms with Gasteiger partial charge in [-0.1, -0.05) is 6.92 Å². The summed E-state index contributed by atoms with van der Waals surface area (Å²) in [5.41, 5.74) is 6.68. The largest absolute Gasteiger partial charge is 0.493 e. The molecule has 20 heavy (non-hydrogen) atoms. The van der Waals surface area contributed by atoms with Crippen molar-refractivity contribution in [1.82, 2.24) is 4.90 Å². The summed E-state index contributed by atoms with van der Waals surface area (Å²) < 4.78 is 18.9. The lowest BCUT2D eigenvalue weighted by Gasteiger charge is -2.13. The van der Waals surface area contributed by atoms with Crippen molar-refractivity contribution in [2.24, 2.45) is 5.73 Å². The van der Waals surface area contributed by atoms with E-state index < -0.39 is 0 Å². The fourth-order valence-electron chi connectivity index (χ4n) is 1.75. The number of hydrogen-bond donors (Lipinski definition) is 1. The Hall–Kier alpha value is -1.62. The van der Waals surface area contributed by atoms with Crippen molar-refractivity contribution in [3.05, 3.63) is 29.6 Å². The number of hydrogen-bond acceptors (Lipinski definition) is 3. The third kappa shape index (κ3) is 5.57. The predicted molar refractivity (Wildman–Crippen MR) is 77.2 cm³/mol. The topological polar surface area (TPSA) is 55.6 Å². The highest BCUT2D eigenvalue weighted by Crippen LogP contribution is 2.18. The third-order valence-electron chi connectivity index (χ3n) is 3.04. The molecule has 0 heterocycles. The SMILES string of the molecule is CCC(N)Cc1cc(F)cc(OCCC(=O)N(C)C)c1. The van der Waals surface area contributed by atoms with Crippen LogP contribution in [-0.2, 0) is 11.2 Å². The van der Waals surface area contributed by atoms with Crippen LogP contribution in [0, 0.1) is 5.82 Å². The molecule has 0 fully saturated rings. The van der Waals surface area contributed by atoms with Gasteiger partial charge in [-0.3, -0.25) is 4.79 Å². The molecule has 2 N–H and O–H groups in total. The van der Waals surface area contributed by atoms with Crippen molar-refractivity contribution >= 4 is 5.91 Å². The van der Waals surface area contributed by atoms with Gasteiger partial charge in [-0.2, -0.15) is 0 Å². The van der Waals surface area contributed by atoms with Crippen LogP contribution in [0.15, 0.2) is 18.2 Å². The molecule has 0 aliphatic rings. The van der Waals surface area contributed by atoms with Crippen molar-refractivity contribution in [2.45, 2.75) is 32.2 Å². The molecule has 0 spiro atoms. The molecule has 0 aliphatic heterocycles. The zero-order valence-electron chi connectivity index (χ0n) is 12.4. The number of carbonyl (C=O) groups excluding carboxylic acids is 1. The highest BCUT2D eigenvalue weighted by Gasteiger charge is 2.08. The van der Waals surface area contributed by atoms with Crippen molar-refractivity contribution in [3.63, 3.8) is 0 Å². The number of benzene rings is 1. The minimum Gasteiger partial charge on any atom is -0.493 e. The molecule has 5 heteroatoms. The Kier molecular flexibility index (Phi) is 6.45. The third-order valence-corrected chi connectivity index (χ3v) is 3.04. The standard InChI is InChI=1S/C15H23FN2O2/c1-4-13(17)8-11-7-12(16)10-14(9-11)20-6-5-15(19)18(2)3/h7,9-10,13H,4-6,8,17H2,1-3H3. The van der Waals surface area contributed by atoms with Gasteiger partial charge in [0.2, 0.25) is 5.91 Å². The molecule has 0 saturated carbocycles. The van der Waals surface area contributed by atoms with Gasteiger partial charge in [-0.25, -0.2) is 4.39 Å². The van der Waals surface area contributed by atoms with Crippen LogP contribution in [-0.4, -0.2) is 37.6 Å². The van der Waals surface area contributed by atoms with Crippen LogP contribution in [0.25, 0.3) is 0 Å². The second kappa shape index (κ2) is 7.85. The van der Waals surface area contributed by atoms with E-state index in [0.717, 1.165) is 12.0 Å². The molecule has 0 aromatic heterocycles. The summed E-state index contributed by atoms with van der Waals surface area (Å²) in [6.45, 7) is 2.23. The molecule has 0 aliphatic carbocycles. The van der Waals surface area contributed by atoms with Crippen LogP contribution < -0.4 is 10.5 Å². The fraction of sp³-hybridized carbons (Fsp3) is 0.533. The first-order valence-electron chi connectivity index (χ1n) is 6.80. The van der Waals surface area contributed by atoms with E-state index in [0.29, 0.717) is 12.2 Å². The van der Waals surface area contributed by atoms with Gasteiger partial charge in [0.1, 0.15) is 11.6 Å². The van der Waals surface area contributed by atoms with Crippen LogP contribution in [0.2, 0.25) is 0 Å². The van der Waals surface area contributed by atoms with Gasteiger partial charge < -0.3 is 15.4 Å². The van der Waals surface area contributed by atoms with Gasteiger partial charge in [-0.05, 0) is 30.5 Å². The normalized spacial score (nSPS) is 12.1. The molecule has 112 valence electrons. The number of ether oxygens (including phenoxy) is 1. The Balaban J connectivity index is 2.59. The zero-order valence-corrected chi connectivity index (χ0v) is 12.4. The molecule has 1 atom stereocenters. The van der Waals surface area contributed by atoms with Gasteiger partial charge >= 0.3 is 0 Å². The second-order valence-electron chi connectivity index (χ2n) is 5.05. The summed E-state index contributed by atoms with van der Waals surface area (Å²) in [5, 5.41) is 0. The van der Waals surface area contributed by atoms with E-state index in [4.69, 9.17) is 10.5 Å². The molecule has 0 saturated heterocycles. The molecule has 1 unspecified atom stereocenters. The predicted octanol–water partition coefficient (Wildman–Crippen LogP) is 1.96. The maximum atomic E-state index is 13.5. The minimum absolute atomic E-state index is 0.0139. The number of amides is 1. The van der Waals surface area contributed by atoms with Gasteiger partial charge in [0, 0.05) is 26.2 Å². The summed E-state index contributed by atoms with van der Waals surface area (Å²) >= 11 is 0. The van der Waals surface area contributed by atoms with E-state index in [2.05, 4.69) is 0 Å². The molecule has 1 aromatic rings. The van der Waals surface area contributed by atoms with E-state index in [9.17, 15) is 9.18 Å². The first-order valence-corrected chi connectivity index (χ1v) is 6.80. The van der Waals surface area contributed by atoms with Crippen molar-refractivity contribution in [1.29, 1.82) is 0 Å². The summed E-state index contributed by atoms with van der Waals surface area (Å²) in [5.74, 6) is 0.0734. The van der Waals surface area contributed by atoms with Crippen LogP contribution in [0.1, 0.15) is 25.3 Å². The Labute approximate surface area is 119 Å². The van der Waals surface area contributed by atoms with Crippen LogP contribution in [0.5, 0.6) is 5.75 Å². The van der Waals surface area contributed by atoms with Crippen molar-refractivity contribution < 1.29 is 13.9 Å². The Morgan fingerprint density at radius 2 is 2.10 bits per heavy atom. The van der Waals surface area contributed by atoms with E-state index in [-0.39, 0.29) is 30.8 Å². The number of carbonyl (C=O) groups is 1. The number of rotatable bonds is 7. The highest BCUT2D eigenvalue weighted by atomic mass is 19.1. The quantitative estimate of drug-likeness (QED) is 0.832. The maximum absolute atomic E-state index is 13.5. The second-order valence-corrected chi connectivity index (χ2v) is 5.05. The van der Waals surface area contributed by atoms with Crippen LogP contribution in [0.4, 0.5) is 4.39 Å². The Bertz CT molecular complexity index is 449. The monoisotopic (exact) mass is 282 g/mol. The molecule has 0 radical (unpaired) electrons. The first kappa shape index (κ1) is 16.4. The number of nitrogens with zero attached hydrogens (tertiary/aromatic N) is 1. The lowest BCUT2D eigenvalue weighted by Crippen LogP contribution is -2.23. The van der Waals surface area contributed by atoms with Crippen LogP contribution >= 0.6 is 0 Å². The summed E-state index contributed by atoms with van der Waals surface area (Å²) in [4.78, 5) is 12.9. The number of halogens is 1. The number of nitrogens with two attached hydrogens (primary N) is 1. The van der Waals surface area contributed by atoms with Gasteiger partial charge in [-0.15, -0.1) is 0 Å². The van der Waals surface area contributed by atoms with Crippen LogP contribution in [0.3, 0.4) is 0 Å². The Morgan fingerprint density at radius 3 is 2.70 bits per heavy atom. The van der Waals surface area contributed by atoms with Gasteiger partial charge in [0.15, 0.2) is 0 Å². The Morgan fingerprint density at radius 1 is 1.40 bits per heavy atom.